The molecule has 2 N–H and O–H groups in total. The second-order valence-electron chi connectivity index (χ2n) is 8.50. The number of hydrogen-bond donors (Lipinski definition) is 2. The third-order valence-corrected chi connectivity index (χ3v) is 6.34. The standard InChI is InChI=1S/C25H14ClF3N8O2/c1-12-31-11-36(35-12)23-17(26)7-13(8-30-23)33-24(39)16-9-32-37(22(16)25(27,28)29)20-6-5-18-21-14(19(10-38)34-18)3-2-4-15(20)21/h2-9,11,34H,1H3,(H,33,39). The van der Waals surface area contributed by atoms with Crippen molar-refractivity contribution < 1.29 is 22.8 Å². The molecule has 0 spiro atoms. The van der Waals surface area contributed by atoms with Crippen molar-refractivity contribution >= 4 is 50.8 Å². The lowest BCUT2D eigenvalue weighted by Crippen LogP contribution is -2.21. The molecule has 10 nitrogen and oxygen atoms in total. The van der Waals surface area contributed by atoms with Gasteiger partial charge in [-0.15, -0.1) is 0 Å². The van der Waals surface area contributed by atoms with Crippen molar-refractivity contribution in [3.8, 4) is 11.5 Å². The fourth-order valence-corrected chi connectivity index (χ4v) is 4.71. The number of hydrogen-bond acceptors (Lipinski definition) is 6. The molecular formula is C25H14ClF3N8O2. The maximum absolute atomic E-state index is 14.4. The molecule has 0 saturated carbocycles. The van der Waals surface area contributed by atoms with Crippen LogP contribution in [0.15, 0.2) is 55.1 Å². The van der Waals surface area contributed by atoms with Gasteiger partial charge in [0.2, 0.25) is 0 Å². The molecule has 14 heteroatoms. The van der Waals surface area contributed by atoms with Crippen LogP contribution in [-0.4, -0.2) is 46.4 Å². The van der Waals surface area contributed by atoms with Gasteiger partial charge >= 0.3 is 6.18 Å². The van der Waals surface area contributed by atoms with Crippen LogP contribution in [0.4, 0.5) is 18.9 Å². The Morgan fingerprint density at radius 1 is 1.13 bits per heavy atom. The molecule has 0 bridgehead atoms. The van der Waals surface area contributed by atoms with E-state index in [0.717, 1.165) is 6.20 Å². The molecule has 2 aromatic carbocycles. The van der Waals surface area contributed by atoms with Crippen LogP contribution in [0.5, 0.6) is 0 Å². The summed E-state index contributed by atoms with van der Waals surface area (Å²) in [5.41, 5.74) is -1.28. The van der Waals surface area contributed by atoms with Gasteiger partial charge in [0, 0.05) is 21.7 Å². The monoisotopic (exact) mass is 550 g/mol. The molecule has 0 fully saturated rings. The zero-order chi connectivity index (χ0) is 27.5. The molecule has 0 saturated heterocycles. The van der Waals surface area contributed by atoms with Gasteiger partial charge in [-0.2, -0.15) is 23.4 Å². The fraction of sp³-hybridized carbons (Fsp3) is 0.0800. The molecule has 1 amide bonds. The van der Waals surface area contributed by atoms with E-state index in [4.69, 9.17) is 11.6 Å². The molecule has 0 unspecified atom stereocenters. The Labute approximate surface area is 220 Å². The summed E-state index contributed by atoms with van der Waals surface area (Å²) < 4.78 is 45.1. The van der Waals surface area contributed by atoms with Gasteiger partial charge in [0.1, 0.15) is 17.5 Å². The lowest BCUT2D eigenvalue weighted by Gasteiger charge is -2.15. The number of rotatable bonds is 4. The Morgan fingerprint density at radius 2 is 1.92 bits per heavy atom. The smallest absolute Gasteiger partial charge is 0.345 e. The third kappa shape index (κ3) is 4.00. The highest BCUT2D eigenvalue weighted by Gasteiger charge is 2.41. The van der Waals surface area contributed by atoms with Gasteiger partial charge in [0.25, 0.3) is 5.91 Å². The topological polar surface area (TPSA) is 123 Å². The van der Waals surface area contributed by atoms with Gasteiger partial charge in [-0.3, -0.25) is 4.79 Å². The molecule has 6 aromatic rings. The number of aromatic amines is 1. The summed E-state index contributed by atoms with van der Waals surface area (Å²) in [5.74, 6) is 1.46. The molecule has 6 rings (SSSR count). The van der Waals surface area contributed by atoms with E-state index < -0.39 is 23.3 Å². The van der Waals surface area contributed by atoms with Crippen LogP contribution in [0.25, 0.3) is 33.2 Å². The number of amides is 1. The summed E-state index contributed by atoms with van der Waals surface area (Å²) in [7, 11) is 0. The number of halogens is 4. The second kappa shape index (κ2) is 8.79. The Bertz CT molecular complexity index is 2000. The largest absolute Gasteiger partial charge is 0.434 e. The highest BCUT2D eigenvalue weighted by Crippen LogP contribution is 2.37. The summed E-state index contributed by atoms with van der Waals surface area (Å²) in [4.78, 5) is 35.4. The first-order chi connectivity index (χ1) is 18.7. The van der Waals surface area contributed by atoms with E-state index in [2.05, 4.69) is 30.5 Å². The van der Waals surface area contributed by atoms with E-state index in [1.165, 1.54) is 29.3 Å². The number of alkyl halides is 3. The summed E-state index contributed by atoms with van der Waals surface area (Å²) in [6.45, 7) is 1.68. The highest BCUT2D eigenvalue weighted by atomic mass is 35.5. The van der Waals surface area contributed by atoms with Crippen LogP contribution in [0.2, 0.25) is 5.02 Å². The number of carbonyl (C=O) groups is 1. The number of aromatic nitrogens is 7. The maximum Gasteiger partial charge on any atom is 0.434 e. The van der Waals surface area contributed by atoms with Crippen LogP contribution in [-0.2, 0) is 11.0 Å². The van der Waals surface area contributed by atoms with E-state index in [1.807, 2.05) is 0 Å². The van der Waals surface area contributed by atoms with Crippen LogP contribution in [0.3, 0.4) is 0 Å². The quantitative estimate of drug-likeness (QED) is 0.343. The molecule has 4 heterocycles. The number of H-pyrrole nitrogens is 1. The average Bonchev–Trinajstić information content (AvgIpc) is 3.62. The first-order valence-corrected chi connectivity index (χ1v) is 11.6. The first kappa shape index (κ1) is 24.3. The van der Waals surface area contributed by atoms with Crippen LogP contribution in [0, 0.1) is 6.92 Å². The van der Waals surface area contributed by atoms with Crippen molar-refractivity contribution in [3.63, 3.8) is 0 Å². The van der Waals surface area contributed by atoms with Crippen LogP contribution in [0.1, 0.15) is 21.9 Å². The Balaban J connectivity index is 1.41. The van der Waals surface area contributed by atoms with Gasteiger partial charge in [0.05, 0.1) is 34.4 Å². The van der Waals surface area contributed by atoms with E-state index in [9.17, 15) is 22.8 Å². The van der Waals surface area contributed by atoms with Crippen molar-refractivity contribution in [2.24, 2.45) is 0 Å². The summed E-state index contributed by atoms with van der Waals surface area (Å²) in [5, 5.41) is 12.2. The molecule has 0 aliphatic heterocycles. The minimum absolute atomic E-state index is 0.0658. The van der Waals surface area contributed by atoms with Crippen molar-refractivity contribution in [1.82, 2.24) is 34.5 Å². The predicted molar refractivity (Wildman–Crippen MR) is 135 cm³/mol. The number of aryl methyl sites for hydroxylation is 1. The molecule has 0 radical (unpaired) electrons. The highest BCUT2D eigenvalue weighted by molar-refractivity contribution is 6.32. The van der Waals surface area contributed by atoms with E-state index in [0.29, 0.717) is 32.2 Å². The Kier molecular flexibility index (Phi) is 5.49. The second-order valence-corrected chi connectivity index (χ2v) is 8.91. The SMILES string of the molecule is Cc1ncn(-c2ncc(NC(=O)c3cnn(-c4ccc5[nH]c(=C=O)c6cccc4c56)c3C(F)(F)F)cc2Cl)n1. The molecular weight excluding hydrogens is 537 g/mol. The summed E-state index contributed by atoms with van der Waals surface area (Å²) >= 11 is 6.27. The maximum atomic E-state index is 14.4. The van der Waals surface area contributed by atoms with Crippen LogP contribution < -0.4 is 10.7 Å². The van der Waals surface area contributed by atoms with Crippen molar-refractivity contribution in [1.29, 1.82) is 0 Å². The Morgan fingerprint density at radius 3 is 2.62 bits per heavy atom. The normalized spacial score (nSPS) is 11.8. The molecule has 0 atom stereocenters. The molecule has 0 aliphatic rings. The number of nitrogens with one attached hydrogen (secondary N) is 2. The third-order valence-electron chi connectivity index (χ3n) is 6.06. The molecule has 4 aromatic heterocycles. The minimum atomic E-state index is -4.94. The molecule has 194 valence electrons. The lowest BCUT2D eigenvalue weighted by molar-refractivity contribution is -0.143. The first-order valence-electron chi connectivity index (χ1n) is 11.2. The van der Waals surface area contributed by atoms with Gasteiger partial charge < -0.3 is 10.3 Å². The Hall–Kier alpha value is -5.00. The van der Waals surface area contributed by atoms with Gasteiger partial charge in [-0.1, -0.05) is 29.8 Å². The summed E-state index contributed by atoms with van der Waals surface area (Å²) in [6.07, 6.45) is -1.46. The average molecular weight is 551 g/mol. The van der Waals surface area contributed by atoms with Gasteiger partial charge in [0.15, 0.2) is 17.5 Å². The number of carbonyl (C=O) groups excluding carboxylic acids is 2. The fourth-order valence-electron chi connectivity index (χ4n) is 4.45. The van der Waals surface area contributed by atoms with E-state index >= 15 is 0 Å². The van der Waals surface area contributed by atoms with Crippen molar-refractivity contribution in [3.05, 3.63) is 82.6 Å². The predicted octanol–water partition coefficient (Wildman–Crippen LogP) is 3.94. The summed E-state index contributed by atoms with van der Waals surface area (Å²) in [6, 6.07) is 9.20. The minimum Gasteiger partial charge on any atom is -0.345 e. The number of pyridine rings is 1. The molecule has 0 aliphatic carbocycles. The van der Waals surface area contributed by atoms with Gasteiger partial charge in [-0.05, 0) is 25.1 Å². The van der Waals surface area contributed by atoms with Crippen molar-refractivity contribution in [2.45, 2.75) is 13.1 Å². The zero-order valence-corrected chi connectivity index (χ0v) is 20.5. The van der Waals surface area contributed by atoms with Crippen molar-refractivity contribution in [2.75, 3.05) is 5.32 Å². The number of anilines is 1. The molecule has 39 heavy (non-hydrogen) atoms. The van der Waals surface area contributed by atoms with Gasteiger partial charge in [-0.25, -0.2) is 24.1 Å². The van der Waals surface area contributed by atoms with Crippen LogP contribution >= 0.6 is 11.6 Å². The number of nitrogens with zero attached hydrogens (tertiary/aromatic N) is 6. The van der Waals surface area contributed by atoms with E-state index in [1.54, 1.807) is 37.1 Å². The lowest BCUT2D eigenvalue weighted by atomic mass is 10.1. The van der Waals surface area contributed by atoms with E-state index in [-0.39, 0.29) is 27.6 Å². The zero-order valence-electron chi connectivity index (χ0n) is 19.7. The number of benzene rings is 2.